The second-order valence-corrected chi connectivity index (χ2v) is 5.23. The molecule has 0 saturated carbocycles. The number of benzene rings is 2. The smallest absolute Gasteiger partial charge is 0.339 e. The predicted molar refractivity (Wildman–Crippen MR) is 83.3 cm³/mol. The Labute approximate surface area is 156 Å². The first-order chi connectivity index (χ1) is 12.4. The van der Waals surface area contributed by atoms with Crippen molar-refractivity contribution in [3.05, 3.63) is 72.8 Å². The average Bonchev–Trinajstić information content (AvgIpc) is 2.57. The lowest BCUT2D eigenvalue weighted by Crippen LogP contribution is -2.05. The monoisotopic (exact) mass is 429 g/mol. The van der Waals surface area contributed by atoms with Crippen molar-refractivity contribution >= 4 is 40.8 Å². The van der Waals surface area contributed by atoms with Crippen LogP contribution in [-0.4, -0.2) is 27.1 Å². The second kappa shape index (κ2) is 8.64. The van der Waals surface area contributed by atoms with Crippen molar-refractivity contribution in [3.8, 4) is 0 Å². The van der Waals surface area contributed by atoms with Crippen LogP contribution in [0.15, 0.2) is 18.2 Å². The zero-order chi connectivity index (χ0) is 21.0. The number of carboxylic acid groups (broad SMARTS) is 2. The summed E-state index contributed by atoms with van der Waals surface area (Å²) in [6, 6.07) is 1.90. The normalized spacial score (nSPS) is 10.0. The summed E-state index contributed by atoms with van der Waals surface area (Å²) in [6.07, 6.45) is 0. The van der Waals surface area contributed by atoms with Crippen LogP contribution in [0.4, 0.5) is 23.2 Å². The summed E-state index contributed by atoms with van der Waals surface area (Å²) in [5.74, 6) is -8.59. The van der Waals surface area contributed by atoms with Crippen LogP contribution in [-0.2, 0) is 0 Å². The van der Waals surface area contributed by atoms with Gasteiger partial charge in [0.2, 0.25) is 5.82 Å². The van der Waals surface area contributed by atoms with Gasteiger partial charge < -0.3 is 10.2 Å². The van der Waals surface area contributed by atoms with Crippen molar-refractivity contribution in [1.29, 1.82) is 0 Å². The van der Waals surface area contributed by atoms with Gasteiger partial charge in [0.1, 0.15) is 21.4 Å². The molecule has 2 aromatic rings. The Balaban J connectivity index is 0.000000277. The zero-order valence-electron chi connectivity index (χ0n) is 12.5. The minimum Gasteiger partial charge on any atom is -0.478 e. The minimum atomic E-state index is -1.77. The molecule has 0 aliphatic rings. The van der Waals surface area contributed by atoms with E-state index in [1.54, 1.807) is 0 Å². The first kappa shape index (κ1) is 22.1. The SMILES string of the molecule is O=C(O)c1cc([N+](=O)[O-])c(F)c(Cl)c1F.O=C(O)c1ccc(F)c(Cl)c1F. The summed E-state index contributed by atoms with van der Waals surface area (Å²) in [4.78, 5) is 29.7. The molecule has 0 saturated heterocycles. The fourth-order valence-electron chi connectivity index (χ4n) is 1.57. The molecular weight excluding hydrogens is 425 g/mol. The van der Waals surface area contributed by atoms with E-state index < -0.39 is 67.0 Å². The lowest BCUT2D eigenvalue weighted by atomic mass is 10.2. The third kappa shape index (κ3) is 4.83. The van der Waals surface area contributed by atoms with E-state index in [-0.39, 0.29) is 6.07 Å². The Morgan fingerprint density at radius 2 is 1.37 bits per heavy atom. The van der Waals surface area contributed by atoms with Gasteiger partial charge in [-0.1, -0.05) is 23.2 Å². The standard InChI is InChI=1S/C7H2ClF2NO4.C7H3ClF2O2/c8-4-5(9)2(7(12)13)1-3(6(4)10)11(14)15;8-5-4(9)2-1-3(6(5)10)7(11)12/h1H,(H,12,13);1-2H,(H,11,12). The highest BCUT2D eigenvalue weighted by Gasteiger charge is 2.26. The molecule has 2 aromatic carbocycles. The van der Waals surface area contributed by atoms with E-state index in [9.17, 15) is 37.3 Å². The van der Waals surface area contributed by atoms with Gasteiger partial charge in [-0.05, 0) is 12.1 Å². The molecule has 2 N–H and O–H groups in total. The first-order valence-electron chi connectivity index (χ1n) is 6.32. The maximum Gasteiger partial charge on any atom is 0.339 e. The van der Waals surface area contributed by atoms with Crippen molar-refractivity contribution in [1.82, 2.24) is 0 Å². The van der Waals surface area contributed by atoms with E-state index in [0.717, 1.165) is 12.1 Å². The van der Waals surface area contributed by atoms with Crippen molar-refractivity contribution in [3.63, 3.8) is 0 Å². The molecule has 13 heteroatoms. The van der Waals surface area contributed by atoms with Gasteiger partial charge >= 0.3 is 17.6 Å². The maximum absolute atomic E-state index is 13.0. The quantitative estimate of drug-likeness (QED) is 0.320. The molecule has 0 radical (unpaired) electrons. The molecule has 144 valence electrons. The van der Waals surface area contributed by atoms with Crippen LogP contribution in [0.1, 0.15) is 20.7 Å². The Kier molecular flexibility index (Phi) is 7.08. The molecule has 0 amide bonds. The number of nitro benzene ring substituents is 1. The number of halogens is 6. The number of carbonyl (C=O) groups is 2. The number of aromatic carboxylic acids is 2. The summed E-state index contributed by atoms with van der Waals surface area (Å²) in [6.45, 7) is 0. The largest absolute Gasteiger partial charge is 0.478 e. The number of hydrogen-bond donors (Lipinski definition) is 2. The summed E-state index contributed by atoms with van der Waals surface area (Å²) in [7, 11) is 0. The Morgan fingerprint density at radius 1 is 0.889 bits per heavy atom. The number of nitrogens with zero attached hydrogens (tertiary/aromatic N) is 1. The lowest BCUT2D eigenvalue weighted by Gasteiger charge is -2.01. The van der Waals surface area contributed by atoms with Gasteiger partial charge in [-0.2, -0.15) is 4.39 Å². The van der Waals surface area contributed by atoms with Crippen molar-refractivity contribution in [2.75, 3.05) is 0 Å². The van der Waals surface area contributed by atoms with Crippen LogP contribution in [0, 0.1) is 33.4 Å². The molecule has 0 atom stereocenters. The zero-order valence-corrected chi connectivity index (χ0v) is 14.0. The molecule has 0 unspecified atom stereocenters. The number of nitro groups is 1. The van der Waals surface area contributed by atoms with E-state index >= 15 is 0 Å². The predicted octanol–water partition coefficient (Wildman–Crippen LogP) is 4.54. The van der Waals surface area contributed by atoms with Gasteiger partial charge in [-0.3, -0.25) is 10.1 Å². The fourth-order valence-corrected chi connectivity index (χ4v) is 1.93. The van der Waals surface area contributed by atoms with Crippen LogP contribution in [0.2, 0.25) is 10.0 Å². The maximum atomic E-state index is 13.0. The van der Waals surface area contributed by atoms with Crippen LogP contribution in [0.5, 0.6) is 0 Å². The van der Waals surface area contributed by atoms with Crippen LogP contribution >= 0.6 is 23.2 Å². The highest BCUT2D eigenvalue weighted by atomic mass is 35.5. The molecule has 7 nitrogen and oxygen atoms in total. The van der Waals surface area contributed by atoms with Gasteiger partial charge in [0.25, 0.3) is 0 Å². The second-order valence-electron chi connectivity index (χ2n) is 4.48. The van der Waals surface area contributed by atoms with Gasteiger partial charge in [0.15, 0.2) is 11.6 Å². The van der Waals surface area contributed by atoms with Gasteiger partial charge in [0, 0.05) is 6.07 Å². The van der Waals surface area contributed by atoms with E-state index in [1.165, 1.54) is 0 Å². The molecule has 27 heavy (non-hydrogen) atoms. The first-order valence-corrected chi connectivity index (χ1v) is 7.07. The summed E-state index contributed by atoms with van der Waals surface area (Å²) in [5, 5.41) is 25.1. The van der Waals surface area contributed by atoms with Crippen molar-refractivity contribution in [2.24, 2.45) is 0 Å². The van der Waals surface area contributed by atoms with Crippen molar-refractivity contribution < 1.29 is 42.3 Å². The molecule has 2 rings (SSSR count). The van der Waals surface area contributed by atoms with Crippen LogP contribution in [0.3, 0.4) is 0 Å². The highest BCUT2D eigenvalue weighted by molar-refractivity contribution is 6.31. The Morgan fingerprint density at radius 3 is 1.81 bits per heavy atom. The minimum absolute atomic E-state index is 0.277. The topological polar surface area (TPSA) is 118 Å². The van der Waals surface area contributed by atoms with E-state index in [1.807, 2.05) is 0 Å². The third-order valence-electron chi connectivity index (χ3n) is 2.82. The van der Waals surface area contributed by atoms with Crippen LogP contribution in [0.25, 0.3) is 0 Å². The molecule has 0 aromatic heterocycles. The average molecular weight is 430 g/mol. The number of hydrogen-bond acceptors (Lipinski definition) is 4. The fraction of sp³-hybridized carbons (Fsp3) is 0. The third-order valence-corrected chi connectivity index (χ3v) is 3.50. The van der Waals surface area contributed by atoms with Gasteiger partial charge in [-0.25, -0.2) is 22.8 Å². The molecule has 0 bridgehead atoms. The lowest BCUT2D eigenvalue weighted by molar-refractivity contribution is -0.387. The van der Waals surface area contributed by atoms with Crippen molar-refractivity contribution in [2.45, 2.75) is 0 Å². The molecule has 0 aliphatic carbocycles. The Hall–Kier alpha value is -2.92. The number of rotatable bonds is 3. The molecule has 0 fully saturated rings. The summed E-state index contributed by atoms with van der Waals surface area (Å²) < 4.78 is 51.1. The van der Waals surface area contributed by atoms with Gasteiger partial charge in [0.05, 0.1) is 10.5 Å². The molecule has 0 aliphatic heterocycles. The van der Waals surface area contributed by atoms with E-state index in [0.29, 0.717) is 0 Å². The van der Waals surface area contributed by atoms with E-state index in [4.69, 9.17) is 33.4 Å². The Bertz CT molecular complexity index is 916. The molecule has 0 spiro atoms. The van der Waals surface area contributed by atoms with E-state index in [2.05, 4.69) is 0 Å². The van der Waals surface area contributed by atoms with Gasteiger partial charge in [-0.15, -0.1) is 0 Å². The summed E-state index contributed by atoms with van der Waals surface area (Å²) in [5.41, 5.74) is -2.87. The number of carboxylic acids is 2. The highest BCUT2D eigenvalue weighted by Crippen LogP contribution is 2.30. The molecular formula is C14H5Cl2F4NO6. The summed E-state index contributed by atoms with van der Waals surface area (Å²) >= 11 is 10.2. The van der Waals surface area contributed by atoms with Crippen LogP contribution < -0.4 is 0 Å². The molecule has 0 heterocycles.